The first-order chi connectivity index (χ1) is 15.1. The number of hydrogen-bond donors (Lipinski definition) is 1. The summed E-state index contributed by atoms with van der Waals surface area (Å²) in [4.78, 5) is 18.8. The zero-order valence-corrected chi connectivity index (χ0v) is 17.8. The van der Waals surface area contributed by atoms with Gasteiger partial charge in [0, 0.05) is 23.2 Å². The molecule has 2 heterocycles. The molecule has 156 valence electrons. The van der Waals surface area contributed by atoms with E-state index < -0.39 is 0 Å². The maximum Gasteiger partial charge on any atom is 0.276 e. The lowest BCUT2D eigenvalue weighted by molar-refractivity contribution is -0.122. The fraction of sp³-hybridized carbons (Fsp3) is 0.208. The van der Waals surface area contributed by atoms with Crippen molar-refractivity contribution in [3.05, 3.63) is 71.6 Å². The summed E-state index contributed by atoms with van der Waals surface area (Å²) in [5.74, 6) is 1.36. The van der Waals surface area contributed by atoms with Gasteiger partial charge in [0.05, 0.1) is 7.11 Å². The molecule has 0 bridgehead atoms. The van der Waals surface area contributed by atoms with Crippen molar-refractivity contribution < 1.29 is 14.3 Å². The maximum atomic E-state index is 12.7. The van der Waals surface area contributed by atoms with E-state index in [4.69, 9.17) is 21.7 Å². The number of nitrogens with one attached hydrogen (secondary N) is 1. The van der Waals surface area contributed by atoms with Gasteiger partial charge in [-0.3, -0.25) is 14.7 Å². The molecule has 0 unspecified atom stereocenters. The molecule has 1 aromatic heterocycles. The van der Waals surface area contributed by atoms with Gasteiger partial charge in [-0.1, -0.05) is 24.3 Å². The number of thiocarbonyl (C=S) groups is 1. The highest BCUT2D eigenvalue weighted by Gasteiger charge is 2.41. The van der Waals surface area contributed by atoms with Gasteiger partial charge < -0.3 is 14.8 Å². The Kier molecular flexibility index (Phi) is 5.03. The molecule has 1 amide bonds. The first kappa shape index (κ1) is 19.5. The molecule has 3 aromatic rings. The molecular weight excluding hydrogens is 410 g/mol. The Morgan fingerprint density at radius 1 is 1.19 bits per heavy atom. The summed E-state index contributed by atoms with van der Waals surface area (Å²) in [5.41, 5.74) is 3.05. The number of rotatable bonds is 6. The number of benzene rings is 2. The van der Waals surface area contributed by atoms with Crippen LogP contribution in [0.4, 0.5) is 0 Å². The van der Waals surface area contributed by atoms with Gasteiger partial charge in [-0.15, -0.1) is 0 Å². The van der Waals surface area contributed by atoms with E-state index in [1.807, 2.05) is 54.6 Å². The van der Waals surface area contributed by atoms with Gasteiger partial charge in [-0.25, -0.2) is 0 Å². The van der Waals surface area contributed by atoms with Crippen LogP contribution in [0.5, 0.6) is 11.5 Å². The smallest absolute Gasteiger partial charge is 0.276 e. The largest absolute Gasteiger partial charge is 0.496 e. The predicted octanol–water partition coefficient (Wildman–Crippen LogP) is 4.04. The van der Waals surface area contributed by atoms with E-state index >= 15 is 0 Å². The minimum Gasteiger partial charge on any atom is -0.496 e. The molecule has 2 fully saturated rings. The van der Waals surface area contributed by atoms with Gasteiger partial charge in [0.1, 0.15) is 29.3 Å². The average Bonchev–Trinajstić information content (AvgIpc) is 3.58. The summed E-state index contributed by atoms with van der Waals surface area (Å²) in [6, 6.07) is 15.8. The molecule has 0 radical (unpaired) electrons. The van der Waals surface area contributed by atoms with Gasteiger partial charge in [0.15, 0.2) is 5.11 Å². The fourth-order valence-corrected chi connectivity index (χ4v) is 4.07. The van der Waals surface area contributed by atoms with Crippen LogP contribution in [-0.2, 0) is 11.4 Å². The van der Waals surface area contributed by atoms with Gasteiger partial charge in [-0.05, 0) is 61.0 Å². The molecule has 0 atom stereocenters. The number of methoxy groups -OCH3 is 1. The maximum absolute atomic E-state index is 12.7. The van der Waals surface area contributed by atoms with Crippen molar-refractivity contribution in [2.24, 2.45) is 0 Å². The second-order valence-electron chi connectivity index (χ2n) is 7.59. The van der Waals surface area contributed by atoms with Crippen molar-refractivity contribution in [3.63, 3.8) is 0 Å². The number of para-hydroxylation sites is 1. The topological polar surface area (TPSA) is 63.7 Å². The third-order valence-electron chi connectivity index (χ3n) is 5.42. The van der Waals surface area contributed by atoms with Gasteiger partial charge in [-0.2, -0.15) is 0 Å². The summed E-state index contributed by atoms with van der Waals surface area (Å²) in [5, 5.41) is 4.55. The van der Waals surface area contributed by atoms with Crippen LogP contribution in [0.2, 0.25) is 0 Å². The van der Waals surface area contributed by atoms with Crippen LogP contribution in [0.3, 0.4) is 0 Å². The molecular formula is C24H21N3O3S. The molecule has 1 saturated carbocycles. The first-order valence-corrected chi connectivity index (χ1v) is 10.5. The summed E-state index contributed by atoms with van der Waals surface area (Å²) in [7, 11) is 1.63. The summed E-state index contributed by atoms with van der Waals surface area (Å²) in [6.07, 6.45) is 5.59. The van der Waals surface area contributed by atoms with Crippen molar-refractivity contribution in [3.8, 4) is 11.5 Å². The highest BCUT2D eigenvalue weighted by molar-refractivity contribution is 7.80. The van der Waals surface area contributed by atoms with E-state index in [9.17, 15) is 4.79 Å². The normalized spacial score (nSPS) is 17.3. The van der Waals surface area contributed by atoms with E-state index in [1.54, 1.807) is 18.2 Å². The molecule has 1 N–H and O–H groups in total. The number of hydrogen-bond acceptors (Lipinski definition) is 5. The molecule has 7 heteroatoms. The van der Waals surface area contributed by atoms with E-state index in [-0.39, 0.29) is 11.9 Å². The second kappa shape index (κ2) is 8.00. The Morgan fingerprint density at radius 3 is 2.84 bits per heavy atom. The Balaban J connectivity index is 1.40. The van der Waals surface area contributed by atoms with E-state index in [0.717, 1.165) is 40.6 Å². The van der Waals surface area contributed by atoms with Crippen molar-refractivity contribution in [2.75, 3.05) is 7.11 Å². The molecule has 2 aliphatic rings. The third-order valence-corrected chi connectivity index (χ3v) is 5.71. The molecule has 5 rings (SSSR count). The quantitative estimate of drug-likeness (QED) is 0.469. The number of ether oxygens (including phenoxy) is 2. The van der Waals surface area contributed by atoms with Crippen molar-refractivity contribution in [1.29, 1.82) is 0 Å². The summed E-state index contributed by atoms with van der Waals surface area (Å²) in [6.45, 7) is 0.309. The number of aromatic nitrogens is 1. The molecule has 1 saturated heterocycles. The highest BCUT2D eigenvalue weighted by atomic mass is 32.1. The second-order valence-corrected chi connectivity index (χ2v) is 7.97. The Morgan fingerprint density at radius 2 is 2.03 bits per heavy atom. The molecule has 1 aliphatic carbocycles. The molecule has 2 aromatic carbocycles. The van der Waals surface area contributed by atoms with Crippen LogP contribution < -0.4 is 14.8 Å². The SMILES string of the molecule is COc1ccc(/C=C2/NC(=S)N(C3CC3)C2=O)cc1COc1cccc2cccnc12. The van der Waals surface area contributed by atoms with Crippen LogP contribution in [0, 0.1) is 0 Å². The van der Waals surface area contributed by atoms with E-state index in [2.05, 4.69) is 10.3 Å². The number of amides is 1. The van der Waals surface area contributed by atoms with Crippen LogP contribution >= 0.6 is 12.2 Å². The number of carbonyl (C=O) groups excluding carboxylic acids is 1. The van der Waals surface area contributed by atoms with Crippen LogP contribution in [0.25, 0.3) is 17.0 Å². The Labute approximate surface area is 185 Å². The monoisotopic (exact) mass is 431 g/mol. The Hall–Kier alpha value is -3.45. The molecule has 0 spiro atoms. The minimum atomic E-state index is -0.0667. The third kappa shape index (κ3) is 3.84. The lowest BCUT2D eigenvalue weighted by Gasteiger charge is -2.12. The predicted molar refractivity (Wildman–Crippen MR) is 123 cm³/mol. The van der Waals surface area contributed by atoms with E-state index in [1.165, 1.54) is 0 Å². The standard InChI is InChI=1S/C24H21N3O3S/c1-29-20-10-7-15(13-19-23(28)27(18-8-9-18)24(31)26-19)12-17(20)14-30-21-6-2-4-16-5-3-11-25-22(16)21/h2-7,10-13,18H,8-9,14H2,1H3,(H,26,31)/b19-13+. The van der Waals surface area contributed by atoms with Crippen LogP contribution in [0.15, 0.2) is 60.4 Å². The number of fused-ring (bicyclic) bond motifs is 1. The number of pyridine rings is 1. The van der Waals surface area contributed by atoms with Crippen LogP contribution in [-0.4, -0.2) is 34.1 Å². The van der Waals surface area contributed by atoms with Gasteiger partial charge in [0.25, 0.3) is 5.91 Å². The lowest BCUT2D eigenvalue weighted by Crippen LogP contribution is -2.32. The zero-order chi connectivity index (χ0) is 21.4. The van der Waals surface area contributed by atoms with Crippen molar-refractivity contribution in [1.82, 2.24) is 15.2 Å². The molecule has 1 aliphatic heterocycles. The van der Waals surface area contributed by atoms with Crippen molar-refractivity contribution in [2.45, 2.75) is 25.5 Å². The van der Waals surface area contributed by atoms with Crippen LogP contribution in [0.1, 0.15) is 24.0 Å². The number of carbonyl (C=O) groups is 1. The highest BCUT2D eigenvalue weighted by Crippen LogP contribution is 2.31. The minimum absolute atomic E-state index is 0.0667. The number of nitrogens with zero attached hydrogens (tertiary/aromatic N) is 2. The van der Waals surface area contributed by atoms with Crippen molar-refractivity contribution >= 4 is 40.2 Å². The lowest BCUT2D eigenvalue weighted by atomic mass is 10.1. The molecule has 6 nitrogen and oxygen atoms in total. The summed E-state index contributed by atoms with van der Waals surface area (Å²) < 4.78 is 11.6. The fourth-order valence-electron chi connectivity index (χ4n) is 3.73. The van der Waals surface area contributed by atoms with Gasteiger partial charge >= 0.3 is 0 Å². The average molecular weight is 432 g/mol. The van der Waals surface area contributed by atoms with E-state index in [0.29, 0.717) is 23.2 Å². The zero-order valence-electron chi connectivity index (χ0n) is 17.0. The van der Waals surface area contributed by atoms with Gasteiger partial charge in [0.2, 0.25) is 0 Å². The Bertz CT molecular complexity index is 1210. The summed E-state index contributed by atoms with van der Waals surface area (Å²) >= 11 is 5.33. The first-order valence-electron chi connectivity index (χ1n) is 10.1. The molecule has 31 heavy (non-hydrogen) atoms.